The number of piperazine rings is 1. The van der Waals surface area contributed by atoms with Crippen LogP contribution in [0.2, 0.25) is 0 Å². The summed E-state index contributed by atoms with van der Waals surface area (Å²) in [5.41, 5.74) is 1.52. The molecule has 0 aliphatic carbocycles. The van der Waals surface area contributed by atoms with Gasteiger partial charge in [0.2, 0.25) is 0 Å². The van der Waals surface area contributed by atoms with E-state index in [9.17, 15) is 17.2 Å². The molecule has 1 saturated heterocycles. The van der Waals surface area contributed by atoms with Crippen molar-refractivity contribution >= 4 is 21.2 Å². The number of benzene rings is 2. The van der Waals surface area contributed by atoms with Crippen LogP contribution in [0.5, 0.6) is 0 Å². The molecule has 1 heterocycles. The summed E-state index contributed by atoms with van der Waals surface area (Å²) in [6, 6.07) is 10.9. The molecule has 0 amide bonds. The molecule has 0 spiro atoms. The van der Waals surface area contributed by atoms with Gasteiger partial charge >= 0.3 is 0 Å². The van der Waals surface area contributed by atoms with Gasteiger partial charge in [-0.15, -0.1) is 0 Å². The van der Waals surface area contributed by atoms with Crippen molar-refractivity contribution in [3.63, 3.8) is 0 Å². The lowest BCUT2D eigenvalue weighted by molar-refractivity contribution is 0.418. The topological polar surface area (TPSA) is 40.6 Å². The lowest BCUT2D eigenvalue weighted by atomic mass is 9.98. The van der Waals surface area contributed by atoms with Gasteiger partial charge in [0, 0.05) is 43.3 Å². The second-order valence-electron chi connectivity index (χ2n) is 7.32. The molecule has 0 radical (unpaired) electrons. The molecule has 1 aliphatic heterocycles. The zero-order valence-electron chi connectivity index (χ0n) is 15.7. The Morgan fingerprint density at radius 3 is 2.41 bits per heavy atom. The molecule has 2 aromatic rings. The predicted molar refractivity (Wildman–Crippen MR) is 104 cm³/mol. The van der Waals surface area contributed by atoms with Crippen molar-refractivity contribution in [2.45, 2.75) is 24.8 Å². The molecule has 27 heavy (non-hydrogen) atoms. The Morgan fingerprint density at radius 2 is 1.78 bits per heavy atom. The van der Waals surface area contributed by atoms with Crippen LogP contribution in [0.25, 0.3) is 0 Å². The third-order valence-electron chi connectivity index (χ3n) is 5.01. The van der Waals surface area contributed by atoms with Gasteiger partial charge in [-0.1, -0.05) is 19.9 Å². The normalized spacial score (nSPS) is 18.2. The Labute approximate surface area is 159 Å². The van der Waals surface area contributed by atoms with E-state index in [1.807, 2.05) is 6.07 Å². The molecule has 1 aliphatic rings. The molecule has 1 atom stereocenters. The summed E-state index contributed by atoms with van der Waals surface area (Å²) in [7, 11) is -3.64. The Morgan fingerprint density at radius 1 is 1.04 bits per heavy atom. The smallest absolute Gasteiger partial charge is 0.178 e. The van der Waals surface area contributed by atoms with Crippen molar-refractivity contribution in [2.24, 2.45) is 5.92 Å². The second-order valence-corrected chi connectivity index (χ2v) is 9.30. The van der Waals surface area contributed by atoms with E-state index < -0.39 is 15.7 Å². The number of hydrogen-bond donors (Lipinski definition) is 0. The van der Waals surface area contributed by atoms with Crippen molar-refractivity contribution < 1.29 is 17.2 Å². The SMILES string of the molecule is CC(C)[C@@H]1CN(c2ccc(F)c(S(C)(=O)=O)c2)CCN1c1cccc(F)c1. The van der Waals surface area contributed by atoms with Gasteiger partial charge in [0.1, 0.15) is 16.5 Å². The van der Waals surface area contributed by atoms with E-state index in [1.54, 1.807) is 12.1 Å². The van der Waals surface area contributed by atoms with Crippen LogP contribution in [0.1, 0.15) is 13.8 Å². The highest BCUT2D eigenvalue weighted by molar-refractivity contribution is 7.90. The fraction of sp³-hybridized carbons (Fsp3) is 0.400. The summed E-state index contributed by atoms with van der Waals surface area (Å²) in [4.78, 5) is 3.97. The number of nitrogens with zero attached hydrogens (tertiary/aromatic N) is 2. The van der Waals surface area contributed by atoms with Crippen molar-refractivity contribution in [1.82, 2.24) is 0 Å². The van der Waals surface area contributed by atoms with Crippen molar-refractivity contribution in [3.8, 4) is 0 Å². The Hall–Kier alpha value is -2.15. The zero-order valence-corrected chi connectivity index (χ0v) is 16.5. The lowest BCUT2D eigenvalue weighted by Gasteiger charge is -2.45. The van der Waals surface area contributed by atoms with E-state index in [0.717, 1.165) is 11.9 Å². The summed E-state index contributed by atoms with van der Waals surface area (Å²) in [6.45, 7) is 6.15. The zero-order chi connectivity index (χ0) is 19.8. The van der Waals surface area contributed by atoms with Crippen LogP contribution in [0.4, 0.5) is 20.2 Å². The van der Waals surface area contributed by atoms with Crippen LogP contribution in [0, 0.1) is 17.6 Å². The van der Waals surface area contributed by atoms with Gasteiger partial charge in [-0.3, -0.25) is 0 Å². The first-order chi connectivity index (χ1) is 12.7. The van der Waals surface area contributed by atoms with E-state index in [4.69, 9.17) is 0 Å². The first kappa shape index (κ1) is 19.6. The van der Waals surface area contributed by atoms with E-state index in [-0.39, 0.29) is 16.8 Å². The van der Waals surface area contributed by atoms with Crippen molar-refractivity contribution in [3.05, 3.63) is 54.1 Å². The lowest BCUT2D eigenvalue weighted by Crippen LogP contribution is -2.55. The van der Waals surface area contributed by atoms with Gasteiger partial charge in [-0.25, -0.2) is 17.2 Å². The number of sulfone groups is 1. The standard InChI is InChI=1S/C20H24F2N2O2S/c1-14(2)19-13-23(9-10-24(19)17-6-4-5-15(21)11-17)16-7-8-18(22)20(12-16)27(3,25)26/h4-8,11-12,14,19H,9-10,13H2,1-3H3/t19-/m0/s1. The maximum absolute atomic E-state index is 13.9. The number of anilines is 2. The quantitative estimate of drug-likeness (QED) is 0.793. The van der Waals surface area contributed by atoms with Gasteiger partial charge in [0.15, 0.2) is 9.84 Å². The van der Waals surface area contributed by atoms with Crippen molar-refractivity contribution in [1.29, 1.82) is 0 Å². The molecule has 146 valence electrons. The van der Waals surface area contributed by atoms with Crippen LogP contribution in [-0.2, 0) is 9.84 Å². The van der Waals surface area contributed by atoms with Crippen LogP contribution in [0.15, 0.2) is 47.4 Å². The van der Waals surface area contributed by atoms with E-state index in [2.05, 4.69) is 23.6 Å². The Balaban J connectivity index is 1.89. The second kappa shape index (κ2) is 7.46. The van der Waals surface area contributed by atoms with Crippen molar-refractivity contribution in [2.75, 3.05) is 35.7 Å². The molecule has 4 nitrogen and oxygen atoms in total. The van der Waals surface area contributed by atoms with Crippen LogP contribution in [-0.4, -0.2) is 40.3 Å². The summed E-state index contributed by atoms with van der Waals surface area (Å²) >= 11 is 0. The monoisotopic (exact) mass is 394 g/mol. The summed E-state index contributed by atoms with van der Waals surface area (Å²) in [5, 5.41) is 0. The fourth-order valence-electron chi connectivity index (χ4n) is 3.56. The van der Waals surface area contributed by atoms with Gasteiger partial charge in [-0.2, -0.15) is 0 Å². The Kier molecular flexibility index (Phi) is 5.42. The van der Waals surface area contributed by atoms with Gasteiger partial charge in [0.05, 0.1) is 0 Å². The minimum Gasteiger partial charge on any atom is -0.368 e. The fourth-order valence-corrected chi connectivity index (χ4v) is 4.32. The molecule has 0 bridgehead atoms. The molecule has 0 N–H and O–H groups in total. The minimum atomic E-state index is -3.64. The molecule has 7 heteroatoms. The first-order valence-electron chi connectivity index (χ1n) is 8.93. The highest BCUT2D eigenvalue weighted by Gasteiger charge is 2.30. The highest BCUT2D eigenvalue weighted by Crippen LogP contribution is 2.29. The molecule has 0 saturated carbocycles. The predicted octanol–water partition coefficient (Wildman–Crippen LogP) is 3.72. The first-order valence-corrected chi connectivity index (χ1v) is 10.8. The summed E-state index contributed by atoms with van der Waals surface area (Å²) < 4.78 is 51.2. The molecule has 1 fully saturated rings. The summed E-state index contributed by atoms with van der Waals surface area (Å²) in [5.74, 6) is -0.709. The molecule has 0 unspecified atom stereocenters. The third-order valence-corrected chi connectivity index (χ3v) is 6.12. The summed E-state index contributed by atoms with van der Waals surface area (Å²) in [6.07, 6.45) is 1.01. The highest BCUT2D eigenvalue weighted by atomic mass is 32.2. The third kappa shape index (κ3) is 4.24. The van der Waals surface area contributed by atoms with E-state index in [1.165, 1.54) is 24.3 Å². The molecular weight excluding hydrogens is 370 g/mol. The number of rotatable bonds is 4. The number of halogens is 2. The average molecular weight is 394 g/mol. The molecular formula is C20H24F2N2O2S. The van der Waals surface area contributed by atoms with Gasteiger partial charge in [0.25, 0.3) is 0 Å². The Bertz CT molecular complexity index is 931. The largest absolute Gasteiger partial charge is 0.368 e. The van der Waals surface area contributed by atoms with E-state index in [0.29, 0.717) is 31.2 Å². The van der Waals surface area contributed by atoms with E-state index >= 15 is 0 Å². The maximum Gasteiger partial charge on any atom is 0.178 e. The van der Waals surface area contributed by atoms with Crippen LogP contribution in [0.3, 0.4) is 0 Å². The molecule has 0 aromatic heterocycles. The minimum absolute atomic E-state index is 0.118. The van der Waals surface area contributed by atoms with Crippen LogP contribution < -0.4 is 9.80 Å². The molecule has 3 rings (SSSR count). The average Bonchev–Trinajstić information content (AvgIpc) is 2.60. The van der Waals surface area contributed by atoms with Crippen LogP contribution >= 0.6 is 0 Å². The van der Waals surface area contributed by atoms with Gasteiger partial charge < -0.3 is 9.80 Å². The molecule has 2 aromatic carbocycles. The number of hydrogen-bond acceptors (Lipinski definition) is 4. The maximum atomic E-state index is 13.9. The van der Waals surface area contributed by atoms with Gasteiger partial charge in [-0.05, 0) is 42.3 Å².